The summed E-state index contributed by atoms with van der Waals surface area (Å²) in [4.78, 5) is 2.08. The van der Waals surface area contributed by atoms with E-state index in [0.717, 1.165) is 13.1 Å². The van der Waals surface area contributed by atoms with E-state index >= 15 is 0 Å². The minimum Gasteiger partial charge on any atom is -0.406 e. The summed E-state index contributed by atoms with van der Waals surface area (Å²) in [6, 6.07) is 1.09. The van der Waals surface area contributed by atoms with Crippen LogP contribution in [0.4, 0.5) is 6.01 Å². The smallest absolute Gasteiger partial charge is 0.318 e. The second-order valence-electron chi connectivity index (χ2n) is 4.08. The van der Waals surface area contributed by atoms with E-state index in [2.05, 4.69) is 48.1 Å². The van der Waals surface area contributed by atoms with Gasteiger partial charge in [-0.2, -0.15) is 0 Å². The normalized spacial score (nSPS) is 13.1. The molecule has 16 heavy (non-hydrogen) atoms. The van der Waals surface area contributed by atoms with Gasteiger partial charge in [-0.3, -0.25) is 0 Å². The van der Waals surface area contributed by atoms with E-state index in [-0.39, 0.29) is 6.04 Å². The molecule has 0 bridgehead atoms. The molecule has 5 heteroatoms. The maximum absolute atomic E-state index is 5.65. The van der Waals surface area contributed by atoms with Crippen LogP contribution in [-0.4, -0.2) is 29.3 Å². The number of hydrogen-bond donors (Lipinski definition) is 1. The fraction of sp³-hybridized carbons (Fsp3) is 0.818. The predicted molar refractivity (Wildman–Crippen MR) is 64.5 cm³/mol. The third kappa shape index (κ3) is 2.95. The highest BCUT2D eigenvalue weighted by molar-refractivity contribution is 5.25. The summed E-state index contributed by atoms with van der Waals surface area (Å²) in [6.07, 6.45) is 0. The van der Waals surface area contributed by atoms with Gasteiger partial charge in [-0.05, 0) is 34.2 Å². The number of nitrogens with zero attached hydrogens (tertiary/aromatic N) is 3. The van der Waals surface area contributed by atoms with E-state index in [1.54, 1.807) is 0 Å². The lowest BCUT2D eigenvalue weighted by atomic mass is 10.3. The monoisotopic (exact) mass is 226 g/mol. The minimum atomic E-state index is 0.108. The maximum Gasteiger partial charge on any atom is 0.318 e. The average molecular weight is 226 g/mol. The second kappa shape index (κ2) is 5.84. The fourth-order valence-corrected chi connectivity index (χ4v) is 1.63. The molecule has 1 atom stereocenters. The van der Waals surface area contributed by atoms with Crippen molar-refractivity contribution in [3.05, 3.63) is 5.89 Å². The van der Waals surface area contributed by atoms with Gasteiger partial charge in [0.15, 0.2) is 0 Å². The summed E-state index contributed by atoms with van der Waals surface area (Å²) in [7, 11) is 0. The van der Waals surface area contributed by atoms with Crippen LogP contribution in [0.2, 0.25) is 0 Å². The van der Waals surface area contributed by atoms with Crippen molar-refractivity contribution in [1.29, 1.82) is 0 Å². The van der Waals surface area contributed by atoms with Crippen LogP contribution < -0.4 is 10.2 Å². The first-order chi connectivity index (χ1) is 7.60. The highest BCUT2D eigenvalue weighted by Gasteiger charge is 2.18. The molecular weight excluding hydrogens is 204 g/mol. The number of rotatable bonds is 6. The van der Waals surface area contributed by atoms with Crippen LogP contribution in [0.1, 0.15) is 46.6 Å². The quantitative estimate of drug-likeness (QED) is 0.803. The highest BCUT2D eigenvalue weighted by Crippen LogP contribution is 2.18. The molecule has 0 amide bonds. The Bertz CT molecular complexity index is 311. The summed E-state index contributed by atoms with van der Waals surface area (Å²) < 4.78 is 5.65. The molecule has 0 saturated heterocycles. The lowest BCUT2D eigenvalue weighted by Crippen LogP contribution is -2.30. The van der Waals surface area contributed by atoms with E-state index in [0.29, 0.717) is 17.9 Å². The van der Waals surface area contributed by atoms with Crippen molar-refractivity contribution in [2.75, 3.05) is 18.0 Å². The first-order valence-electron chi connectivity index (χ1n) is 5.93. The summed E-state index contributed by atoms with van der Waals surface area (Å²) in [5, 5.41) is 11.4. The van der Waals surface area contributed by atoms with Crippen molar-refractivity contribution >= 4 is 6.01 Å². The van der Waals surface area contributed by atoms with Crippen LogP contribution in [0.15, 0.2) is 4.42 Å². The van der Waals surface area contributed by atoms with E-state index in [9.17, 15) is 0 Å². The Morgan fingerprint density at radius 3 is 2.44 bits per heavy atom. The van der Waals surface area contributed by atoms with Crippen LogP contribution in [-0.2, 0) is 0 Å². The Hall–Kier alpha value is -1.10. The van der Waals surface area contributed by atoms with Gasteiger partial charge in [-0.1, -0.05) is 12.0 Å². The molecule has 0 radical (unpaired) electrons. The molecule has 0 fully saturated rings. The lowest BCUT2D eigenvalue weighted by molar-refractivity contribution is 0.415. The van der Waals surface area contributed by atoms with Crippen LogP contribution in [0.3, 0.4) is 0 Å². The molecule has 0 aliphatic heterocycles. The number of anilines is 1. The Balaban J connectivity index is 2.77. The van der Waals surface area contributed by atoms with Gasteiger partial charge in [0.2, 0.25) is 5.89 Å². The molecule has 1 aromatic rings. The van der Waals surface area contributed by atoms with Gasteiger partial charge in [-0.25, -0.2) is 0 Å². The Labute approximate surface area is 97.2 Å². The predicted octanol–water partition coefficient (Wildman–Crippen LogP) is 1.97. The molecule has 92 valence electrons. The molecule has 1 heterocycles. The van der Waals surface area contributed by atoms with Gasteiger partial charge in [0, 0.05) is 12.6 Å². The van der Waals surface area contributed by atoms with Gasteiger partial charge in [0.1, 0.15) is 0 Å². The van der Waals surface area contributed by atoms with Gasteiger partial charge < -0.3 is 14.6 Å². The third-order valence-corrected chi connectivity index (χ3v) is 2.52. The molecule has 0 spiro atoms. The van der Waals surface area contributed by atoms with E-state index in [1.807, 2.05) is 6.92 Å². The molecule has 0 aromatic carbocycles. The number of aromatic nitrogens is 2. The summed E-state index contributed by atoms with van der Waals surface area (Å²) in [5.74, 6) is 0.649. The number of hydrogen-bond acceptors (Lipinski definition) is 5. The summed E-state index contributed by atoms with van der Waals surface area (Å²) >= 11 is 0. The van der Waals surface area contributed by atoms with Crippen LogP contribution in [0.25, 0.3) is 0 Å². The molecular formula is C11H22N4O. The van der Waals surface area contributed by atoms with Crippen molar-refractivity contribution in [2.24, 2.45) is 0 Å². The first kappa shape index (κ1) is 13.0. The molecule has 1 rings (SSSR count). The van der Waals surface area contributed by atoms with Crippen molar-refractivity contribution in [3.63, 3.8) is 0 Å². The van der Waals surface area contributed by atoms with E-state index in [1.165, 1.54) is 0 Å². The van der Waals surface area contributed by atoms with Crippen LogP contribution in [0.5, 0.6) is 0 Å². The molecule has 1 N–H and O–H groups in total. The van der Waals surface area contributed by atoms with Crippen molar-refractivity contribution in [1.82, 2.24) is 15.5 Å². The largest absolute Gasteiger partial charge is 0.406 e. The number of nitrogens with one attached hydrogen (secondary N) is 1. The molecule has 0 saturated carbocycles. The molecule has 1 aromatic heterocycles. The van der Waals surface area contributed by atoms with Crippen molar-refractivity contribution in [2.45, 2.75) is 46.7 Å². The van der Waals surface area contributed by atoms with Gasteiger partial charge in [-0.15, -0.1) is 5.10 Å². The minimum absolute atomic E-state index is 0.108. The van der Waals surface area contributed by atoms with Gasteiger partial charge >= 0.3 is 6.01 Å². The molecule has 1 unspecified atom stereocenters. The van der Waals surface area contributed by atoms with Crippen LogP contribution in [0, 0.1) is 0 Å². The lowest BCUT2D eigenvalue weighted by Gasteiger charge is -2.22. The zero-order valence-corrected chi connectivity index (χ0v) is 10.8. The van der Waals surface area contributed by atoms with E-state index < -0.39 is 0 Å². The summed E-state index contributed by atoms with van der Waals surface area (Å²) in [5.41, 5.74) is 0. The molecule has 5 nitrogen and oxygen atoms in total. The first-order valence-corrected chi connectivity index (χ1v) is 5.93. The Morgan fingerprint density at radius 2 is 1.94 bits per heavy atom. The van der Waals surface area contributed by atoms with Crippen molar-refractivity contribution in [3.8, 4) is 0 Å². The Morgan fingerprint density at radius 1 is 1.25 bits per heavy atom. The second-order valence-corrected chi connectivity index (χ2v) is 4.08. The zero-order chi connectivity index (χ0) is 12.1. The molecule has 0 aliphatic carbocycles. The third-order valence-electron chi connectivity index (χ3n) is 2.52. The topological polar surface area (TPSA) is 54.2 Å². The fourth-order valence-electron chi connectivity index (χ4n) is 1.63. The molecule has 0 aliphatic rings. The van der Waals surface area contributed by atoms with Crippen molar-refractivity contribution < 1.29 is 4.42 Å². The average Bonchev–Trinajstić information content (AvgIpc) is 2.68. The van der Waals surface area contributed by atoms with Gasteiger partial charge in [0.05, 0.1) is 6.04 Å². The van der Waals surface area contributed by atoms with E-state index in [4.69, 9.17) is 4.42 Å². The zero-order valence-electron chi connectivity index (χ0n) is 10.8. The highest BCUT2D eigenvalue weighted by atomic mass is 16.4. The Kier molecular flexibility index (Phi) is 4.73. The maximum atomic E-state index is 5.65. The SMILES string of the molecule is CCNC(C)c1nnc(N(CC)C(C)C)o1. The van der Waals surface area contributed by atoms with Gasteiger partial charge in [0.25, 0.3) is 0 Å². The van der Waals surface area contributed by atoms with Crippen LogP contribution >= 0.6 is 0 Å². The standard InChI is InChI=1S/C11H22N4O/c1-6-12-9(5)10-13-14-11(16-10)15(7-2)8(3)4/h8-9,12H,6-7H2,1-5H3. The summed E-state index contributed by atoms with van der Waals surface area (Å²) in [6.45, 7) is 12.1.